The molecule has 2 aromatic heterocycles. The Morgan fingerprint density at radius 3 is 2.41 bits per heavy atom. The first-order valence-corrected chi connectivity index (χ1v) is 12.4. The molecule has 0 fully saturated rings. The number of anilines is 1. The molecule has 0 aliphatic carbocycles. The molecule has 0 saturated carbocycles. The minimum Gasteiger partial charge on any atom is -0.493 e. The SMILES string of the molecule is COc1cc([C@H]2c3c(oc4ccccc4c3=O)C(=O)N2c2nc3ccc(Cl)cc3s2)cc(OC)c1OC. The summed E-state index contributed by atoms with van der Waals surface area (Å²) in [4.78, 5) is 33.9. The number of aromatic nitrogens is 1. The number of para-hydroxylation sites is 1. The number of hydrogen-bond acceptors (Lipinski definition) is 8. The molecule has 0 N–H and O–H groups in total. The van der Waals surface area contributed by atoms with Crippen molar-refractivity contribution in [3.05, 3.63) is 86.7 Å². The summed E-state index contributed by atoms with van der Waals surface area (Å²) >= 11 is 7.49. The van der Waals surface area contributed by atoms with Crippen LogP contribution in [0.1, 0.15) is 27.7 Å². The summed E-state index contributed by atoms with van der Waals surface area (Å²) in [6.07, 6.45) is 0. The molecule has 1 aliphatic rings. The van der Waals surface area contributed by atoms with Gasteiger partial charge in [-0.1, -0.05) is 35.1 Å². The van der Waals surface area contributed by atoms with Gasteiger partial charge in [0.25, 0.3) is 5.91 Å². The van der Waals surface area contributed by atoms with E-state index < -0.39 is 11.9 Å². The number of methoxy groups -OCH3 is 3. The van der Waals surface area contributed by atoms with Crippen molar-refractivity contribution in [2.45, 2.75) is 6.04 Å². The van der Waals surface area contributed by atoms with Crippen molar-refractivity contribution in [1.82, 2.24) is 4.98 Å². The molecule has 0 spiro atoms. The predicted molar refractivity (Wildman–Crippen MR) is 142 cm³/mol. The van der Waals surface area contributed by atoms with Gasteiger partial charge >= 0.3 is 0 Å². The van der Waals surface area contributed by atoms with Crippen molar-refractivity contribution in [2.24, 2.45) is 0 Å². The molecule has 8 nitrogen and oxygen atoms in total. The number of rotatable bonds is 5. The van der Waals surface area contributed by atoms with E-state index in [-0.39, 0.29) is 16.8 Å². The number of nitrogens with zero attached hydrogens (tertiary/aromatic N) is 2. The van der Waals surface area contributed by atoms with Crippen LogP contribution in [0.4, 0.5) is 5.13 Å². The van der Waals surface area contributed by atoms with Crippen LogP contribution in [0, 0.1) is 0 Å². The molecule has 0 unspecified atom stereocenters. The Bertz CT molecular complexity index is 1750. The van der Waals surface area contributed by atoms with E-state index in [4.69, 9.17) is 35.2 Å². The van der Waals surface area contributed by atoms with Gasteiger partial charge in [-0.3, -0.25) is 14.5 Å². The molecule has 1 atom stereocenters. The van der Waals surface area contributed by atoms with E-state index in [2.05, 4.69) is 0 Å². The molecule has 3 aromatic carbocycles. The van der Waals surface area contributed by atoms with Gasteiger partial charge in [-0.25, -0.2) is 4.98 Å². The number of carbonyl (C=O) groups excluding carboxylic acids is 1. The zero-order chi connectivity index (χ0) is 25.8. The fourth-order valence-electron chi connectivity index (χ4n) is 4.68. The molecular formula is C27H19ClN2O6S. The Morgan fingerprint density at radius 2 is 1.70 bits per heavy atom. The van der Waals surface area contributed by atoms with Crippen molar-refractivity contribution in [3.63, 3.8) is 0 Å². The molecule has 1 amide bonds. The first kappa shape index (κ1) is 23.3. The fraction of sp³-hybridized carbons (Fsp3) is 0.148. The van der Waals surface area contributed by atoms with Crippen molar-refractivity contribution < 1.29 is 23.4 Å². The smallest absolute Gasteiger partial charge is 0.297 e. The quantitative estimate of drug-likeness (QED) is 0.280. The molecule has 0 bridgehead atoms. The Kier molecular flexibility index (Phi) is 5.54. The lowest BCUT2D eigenvalue weighted by Crippen LogP contribution is -2.29. The highest BCUT2D eigenvalue weighted by Crippen LogP contribution is 2.47. The molecule has 186 valence electrons. The van der Waals surface area contributed by atoms with Gasteiger partial charge in [0.2, 0.25) is 11.5 Å². The second-order valence-corrected chi connectivity index (χ2v) is 9.76. The first-order valence-electron chi connectivity index (χ1n) is 11.2. The van der Waals surface area contributed by atoms with E-state index in [1.165, 1.54) is 37.6 Å². The van der Waals surface area contributed by atoms with Crippen LogP contribution in [0.2, 0.25) is 5.02 Å². The van der Waals surface area contributed by atoms with Crippen LogP contribution in [-0.4, -0.2) is 32.2 Å². The van der Waals surface area contributed by atoms with Gasteiger partial charge in [0.05, 0.1) is 48.5 Å². The molecule has 1 aliphatic heterocycles. The van der Waals surface area contributed by atoms with Gasteiger partial charge in [-0.05, 0) is 48.0 Å². The zero-order valence-electron chi connectivity index (χ0n) is 19.9. The molecule has 10 heteroatoms. The van der Waals surface area contributed by atoms with Crippen LogP contribution in [0.15, 0.2) is 63.8 Å². The summed E-state index contributed by atoms with van der Waals surface area (Å²) < 4.78 is 23.4. The lowest BCUT2D eigenvalue weighted by atomic mass is 9.98. The van der Waals surface area contributed by atoms with E-state index >= 15 is 0 Å². The van der Waals surface area contributed by atoms with Gasteiger partial charge in [0.1, 0.15) is 5.58 Å². The Balaban J connectivity index is 1.66. The number of ether oxygens (including phenoxy) is 3. The van der Waals surface area contributed by atoms with Crippen LogP contribution in [-0.2, 0) is 0 Å². The van der Waals surface area contributed by atoms with Gasteiger partial charge in [0, 0.05) is 5.02 Å². The average Bonchev–Trinajstić information content (AvgIpc) is 3.45. The van der Waals surface area contributed by atoms with Crippen LogP contribution in [0.25, 0.3) is 21.2 Å². The van der Waals surface area contributed by atoms with E-state index in [0.717, 1.165) is 4.70 Å². The predicted octanol–water partition coefficient (Wildman–Crippen LogP) is 5.83. The highest BCUT2D eigenvalue weighted by atomic mass is 35.5. The summed E-state index contributed by atoms with van der Waals surface area (Å²) in [7, 11) is 4.52. The average molecular weight is 535 g/mol. The largest absolute Gasteiger partial charge is 0.493 e. The van der Waals surface area contributed by atoms with Crippen molar-refractivity contribution in [1.29, 1.82) is 0 Å². The van der Waals surface area contributed by atoms with E-state index in [9.17, 15) is 9.59 Å². The maximum Gasteiger partial charge on any atom is 0.297 e. The maximum atomic E-state index is 13.9. The fourth-order valence-corrected chi connectivity index (χ4v) is 5.95. The van der Waals surface area contributed by atoms with Crippen molar-refractivity contribution in [2.75, 3.05) is 26.2 Å². The standard InChI is InChI=1S/C27H19ClN2O6S/c1-33-18-10-13(11-19(34-2)24(18)35-3)22-21-23(31)15-6-4-5-7-17(15)36-25(21)26(32)30(22)27-29-16-9-8-14(28)12-20(16)37-27/h4-12,22H,1-3H3/t22-/m0/s1. The lowest BCUT2D eigenvalue weighted by molar-refractivity contribution is 0.0971. The topological polar surface area (TPSA) is 91.1 Å². The van der Waals surface area contributed by atoms with Crippen LogP contribution < -0.4 is 24.5 Å². The molecule has 3 heterocycles. The number of benzene rings is 3. The summed E-state index contributed by atoms with van der Waals surface area (Å²) in [5.74, 6) is 0.671. The number of halogens is 1. The van der Waals surface area contributed by atoms with Gasteiger partial charge in [-0.2, -0.15) is 0 Å². The maximum absolute atomic E-state index is 13.9. The van der Waals surface area contributed by atoms with Crippen molar-refractivity contribution in [3.8, 4) is 17.2 Å². The molecule has 5 aromatic rings. The van der Waals surface area contributed by atoms with E-state index in [0.29, 0.717) is 49.5 Å². The zero-order valence-corrected chi connectivity index (χ0v) is 21.5. The van der Waals surface area contributed by atoms with E-state index in [1.54, 1.807) is 54.6 Å². The molecule has 37 heavy (non-hydrogen) atoms. The van der Waals surface area contributed by atoms with Gasteiger partial charge in [-0.15, -0.1) is 0 Å². The molecule has 6 rings (SSSR count). The van der Waals surface area contributed by atoms with Gasteiger partial charge in [0.15, 0.2) is 22.1 Å². The van der Waals surface area contributed by atoms with Crippen LogP contribution in [0.5, 0.6) is 17.2 Å². The molecule has 0 radical (unpaired) electrons. The number of hydrogen-bond donors (Lipinski definition) is 0. The third-order valence-corrected chi connectivity index (χ3v) is 7.58. The minimum atomic E-state index is -0.854. The molecular weight excluding hydrogens is 516 g/mol. The summed E-state index contributed by atoms with van der Waals surface area (Å²) in [6, 6.07) is 14.8. The van der Waals surface area contributed by atoms with Gasteiger partial charge < -0.3 is 18.6 Å². The van der Waals surface area contributed by atoms with Crippen LogP contribution >= 0.6 is 22.9 Å². The minimum absolute atomic E-state index is 0.0280. The number of fused-ring (bicyclic) bond motifs is 3. The Labute approximate surface area is 219 Å². The third-order valence-electron chi connectivity index (χ3n) is 6.33. The highest BCUT2D eigenvalue weighted by Gasteiger charge is 2.45. The lowest BCUT2D eigenvalue weighted by Gasteiger charge is -2.24. The number of amides is 1. The normalized spacial score (nSPS) is 14.9. The highest BCUT2D eigenvalue weighted by molar-refractivity contribution is 7.22. The summed E-state index contributed by atoms with van der Waals surface area (Å²) in [6.45, 7) is 0. The summed E-state index contributed by atoms with van der Waals surface area (Å²) in [5, 5.41) is 1.34. The van der Waals surface area contributed by atoms with E-state index in [1.807, 2.05) is 0 Å². The second-order valence-electron chi connectivity index (χ2n) is 8.31. The van der Waals surface area contributed by atoms with Crippen molar-refractivity contribution >= 4 is 55.2 Å². The summed E-state index contributed by atoms with van der Waals surface area (Å²) in [5.41, 5.74) is 1.51. The number of carbonyl (C=O) groups is 1. The second kappa shape index (κ2) is 8.79. The first-order chi connectivity index (χ1) is 17.9. The monoisotopic (exact) mass is 534 g/mol. The Morgan fingerprint density at radius 1 is 0.973 bits per heavy atom. The number of thiazole rings is 1. The third kappa shape index (κ3) is 3.53. The van der Waals surface area contributed by atoms with Crippen LogP contribution in [0.3, 0.4) is 0 Å². The molecule has 0 saturated heterocycles. The Hall–Kier alpha value is -4.08.